The van der Waals surface area contributed by atoms with Crippen LogP contribution in [-0.2, 0) is 0 Å². The molecule has 1 unspecified atom stereocenters. The Labute approximate surface area is 85.9 Å². The topological polar surface area (TPSA) is 38.7 Å². The summed E-state index contributed by atoms with van der Waals surface area (Å²) in [5.41, 5.74) is 0. The molecule has 0 aromatic heterocycles. The van der Waals surface area contributed by atoms with E-state index < -0.39 is 0 Å². The number of hydrogen-bond donors (Lipinski definition) is 2. The van der Waals surface area contributed by atoms with Crippen LogP contribution >= 0.6 is 0 Å². The normalized spacial score (nSPS) is 28.7. The average molecular weight is 199 g/mol. The van der Waals surface area contributed by atoms with Gasteiger partial charge < -0.3 is 10.4 Å². The minimum Gasteiger partial charge on any atom is -0.392 e. The fourth-order valence-electron chi connectivity index (χ4n) is 2.34. The van der Waals surface area contributed by atoms with Crippen LogP contribution in [0.2, 0.25) is 0 Å². The van der Waals surface area contributed by atoms with Gasteiger partial charge in [0.15, 0.2) is 0 Å². The van der Waals surface area contributed by atoms with E-state index in [0.717, 1.165) is 38.8 Å². The fourth-order valence-corrected chi connectivity index (χ4v) is 2.34. The maximum atomic E-state index is 9.22. The van der Waals surface area contributed by atoms with Crippen molar-refractivity contribution in [3.8, 4) is 0 Å². The summed E-state index contributed by atoms with van der Waals surface area (Å²) in [6, 6.07) is 0.746. The molecular weight excluding hydrogens is 178 g/mol. The summed E-state index contributed by atoms with van der Waals surface area (Å²) in [7, 11) is 0. The predicted molar refractivity (Wildman–Crippen MR) is 56.4 cm³/mol. The van der Waals surface area contributed by atoms with Crippen LogP contribution in [0, 0.1) is 0 Å². The van der Waals surface area contributed by atoms with Crippen LogP contribution in [0.4, 0.5) is 0 Å². The van der Waals surface area contributed by atoms with Crippen LogP contribution < -0.4 is 5.32 Å². The molecule has 0 aliphatic carbocycles. The quantitative estimate of drug-likeness (QED) is 0.609. The van der Waals surface area contributed by atoms with E-state index in [1.807, 2.05) is 6.92 Å². The van der Waals surface area contributed by atoms with Crippen molar-refractivity contribution in [3.05, 3.63) is 0 Å². The van der Waals surface area contributed by atoms with E-state index in [-0.39, 0.29) is 6.10 Å². The van der Waals surface area contributed by atoms with Crippen molar-refractivity contribution in [2.45, 2.75) is 19.1 Å². The number of aliphatic hydroxyl groups is 1. The molecule has 0 saturated carbocycles. The summed E-state index contributed by atoms with van der Waals surface area (Å²) in [6.45, 7) is 9.62. The number of piperazine rings is 1. The Morgan fingerprint density at radius 3 is 2.57 bits per heavy atom. The minimum absolute atomic E-state index is 0.182. The van der Waals surface area contributed by atoms with E-state index >= 15 is 0 Å². The second-order valence-electron chi connectivity index (χ2n) is 4.51. The number of aliphatic hydroxyl groups excluding tert-OH is 1. The van der Waals surface area contributed by atoms with Crippen molar-refractivity contribution >= 4 is 0 Å². The van der Waals surface area contributed by atoms with E-state index in [9.17, 15) is 5.11 Å². The van der Waals surface area contributed by atoms with Gasteiger partial charge in [0.25, 0.3) is 0 Å². The standard InChI is InChI=1S/C10H21N3O/c1-9(14)6-12-7-10(8-12)13-4-2-11-3-5-13/h9-11,14H,2-8H2,1H3. The number of nitrogens with zero attached hydrogens (tertiary/aromatic N) is 2. The molecule has 2 aliphatic rings. The van der Waals surface area contributed by atoms with Crippen molar-refractivity contribution in [3.63, 3.8) is 0 Å². The summed E-state index contributed by atoms with van der Waals surface area (Å²) < 4.78 is 0. The Kier molecular flexibility index (Phi) is 3.38. The Morgan fingerprint density at radius 2 is 2.00 bits per heavy atom. The summed E-state index contributed by atoms with van der Waals surface area (Å²) in [4.78, 5) is 4.90. The Hall–Kier alpha value is -0.160. The second-order valence-corrected chi connectivity index (χ2v) is 4.51. The van der Waals surface area contributed by atoms with Crippen LogP contribution in [0.25, 0.3) is 0 Å². The molecule has 0 radical (unpaired) electrons. The van der Waals surface area contributed by atoms with Gasteiger partial charge in [-0.3, -0.25) is 9.80 Å². The van der Waals surface area contributed by atoms with Crippen molar-refractivity contribution < 1.29 is 5.11 Å². The molecule has 2 heterocycles. The zero-order valence-electron chi connectivity index (χ0n) is 8.95. The van der Waals surface area contributed by atoms with Crippen LogP contribution in [0.15, 0.2) is 0 Å². The first-order valence-corrected chi connectivity index (χ1v) is 5.61. The number of nitrogens with one attached hydrogen (secondary N) is 1. The van der Waals surface area contributed by atoms with Crippen molar-refractivity contribution in [2.24, 2.45) is 0 Å². The highest BCUT2D eigenvalue weighted by Crippen LogP contribution is 2.15. The third kappa shape index (κ3) is 2.45. The lowest BCUT2D eigenvalue weighted by atomic mass is 10.1. The van der Waals surface area contributed by atoms with Crippen molar-refractivity contribution in [1.29, 1.82) is 0 Å². The molecule has 82 valence electrons. The summed E-state index contributed by atoms with van der Waals surface area (Å²) in [6.07, 6.45) is -0.182. The van der Waals surface area contributed by atoms with Gasteiger partial charge in [-0.05, 0) is 6.92 Å². The zero-order chi connectivity index (χ0) is 9.97. The van der Waals surface area contributed by atoms with Gasteiger partial charge in [0.1, 0.15) is 0 Å². The minimum atomic E-state index is -0.182. The first-order chi connectivity index (χ1) is 6.75. The number of hydrogen-bond acceptors (Lipinski definition) is 4. The molecule has 2 N–H and O–H groups in total. The Morgan fingerprint density at radius 1 is 1.36 bits per heavy atom. The first-order valence-electron chi connectivity index (χ1n) is 5.61. The molecule has 2 fully saturated rings. The van der Waals surface area contributed by atoms with Crippen LogP contribution in [0.5, 0.6) is 0 Å². The van der Waals surface area contributed by atoms with Gasteiger partial charge in [0.2, 0.25) is 0 Å². The maximum absolute atomic E-state index is 9.22. The van der Waals surface area contributed by atoms with Crippen LogP contribution in [0.1, 0.15) is 6.92 Å². The number of rotatable bonds is 3. The van der Waals surface area contributed by atoms with Gasteiger partial charge >= 0.3 is 0 Å². The van der Waals surface area contributed by atoms with Gasteiger partial charge in [-0.25, -0.2) is 0 Å². The summed E-state index contributed by atoms with van der Waals surface area (Å²) in [5.74, 6) is 0. The van der Waals surface area contributed by atoms with Gasteiger partial charge in [0, 0.05) is 51.9 Å². The molecule has 0 aromatic rings. The SMILES string of the molecule is CC(O)CN1CC(N2CCNCC2)C1. The molecule has 0 aromatic carbocycles. The Balaban J connectivity index is 1.66. The molecule has 1 atom stereocenters. The van der Waals surface area contributed by atoms with Crippen LogP contribution in [0.3, 0.4) is 0 Å². The lowest BCUT2D eigenvalue weighted by molar-refractivity contribution is 0.00323. The van der Waals surface area contributed by atoms with Gasteiger partial charge in [-0.2, -0.15) is 0 Å². The molecular formula is C10H21N3O. The highest BCUT2D eigenvalue weighted by Gasteiger charge is 2.32. The number of β-amino-alcohol motifs (C(OH)–C–C–N with tert-alkyl or cyclic N) is 1. The molecule has 0 spiro atoms. The largest absolute Gasteiger partial charge is 0.392 e. The second kappa shape index (κ2) is 4.57. The maximum Gasteiger partial charge on any atom is 0.0639 e. The predicted octanol–water partition coefficient (Wildman–Crippen LogP) is -1.04. The fraction of sp³-hybridized carbons (Fsp3) is 1.00. The van der Waals surface area contributed by atoms with E-state index in [2.05, 4.69) is 15.1 Å². The van der Waals surface area contributed by atoms with Crippen LogP contribution in [-0.4, -0.2) is 72.9 Å². The number of likely N-dealkylation sites (tertiary alicyclic amines) is 1. The highest BCUT2D eigenvalue weighted by atomic mass is 16.3. The van der Waals surface area contributed by atoms with E-state index in [0.29, 0.717) is 0 Å². The first kappa shape index (κ1) is 10.4. The Bertz CT molecular complexity index is 174. The lowest BCUT2D eigenvalue weighted by Crippen LogP contribution is -2.63. The smallest absolute Gasteiger partial charge is 0.0639 e. The lowest BCUT2D eigenvalue weighted by Gasteiger charge is -2.47. The zero-order valence-corrected chi connectivity index (χ0v) is 8.95. The molecule has 2 rings (SSSR count). The summed E-state index contributed by atoms with van der Waals surface area (Å²) >= 11 is 0. The third-order valence-electron chi connectivity index (χ3n) is 3.13. The van der Waals surface area contributed by atoms with Gasteiger partial charge in [-0.1, -0.05) is 0 Å². The molecule has 0 bridgehead atoms. The molecule has 14 heavy (non-hydrogen) atoms. The average Bonchev–Trinajstić information content (AvgIpc) is 2.12. The van der Waals surface area contributed by atoms with E-state index in [4.69, 9.17) is 0 Å². The molecule has 0 amide bonds. The third-order valence-corrected chi connectivity index (χ3v) is 3.13. The molecule has 2 aliphatic heterocycles. The molecule has 4 nitrogen and oxygen atoms in total. The van der Waals surface area contributed by atoms with Crippen molar-refractivity contribution in [2.75, 3.05) is 45.8 Å². The molecule has 4 heteroatoms. The monoisotopic (exact) mass is 199 g/mol. The summed E-state index contributed by atoms with van der Waals surface area (Å²) in [5, 5.41) is 12.6. The van der Waals surface area contributed by atoms with E-state index in [1.54, 1.807) is 0 Å². The van der Waals surface area contributed by atoms with Crippen molar-refractivity contribution in [1.82, 2.24) is 15.1 Å². The van der Waals surface area contributed by atoms with Gasteiger partial charge in [0.05, 0.1) is 6.10 Å². The van der Waals surface area contributed by atoms with Gasteiger partial charge in [-0.15, -0.1) is 0 Å². The van der Waals surface area contributed by atoms with E-state index in [1.165, 1.54) is 13.1 Å². The highest BCUT2D eigenvalue weighted by molar-refractivity contribution is 4.90. The molecule has 2 saturated heterocycles.